The van der Waals surface area contributed by atoms with E-state index in [4.69, 9.17) is 0 Å². The number of hydrogen-bond donors (Lipinski definition) is 1. The third kappa shape index (κ3) is 2.21. The molecule has 0 aromatic carbocycles. The monoisotopic (exact) mass is 199 g/mol. The van der Waals surface area contributed by atoms with Crippen LogP contribution >= 0.6 is 11.8 Å². The van der Waals surface area contributed by atoms with Crippen LogP contribution in [0.4, 0.5) is 0 Å². The van der Waals surface area contributed by atoms with Crippen LogP contribution < -0.4 is 0 Å². The second-order valence-corrected chi connectivity index (χ2v) is 3.99. The van der Waals surface area contributed by atoms with E-state index < -0.39 is 0 Å². The predicted molar refractivity (Wildman–Crippen MR) is 57.5 cm³/mol. The molecule has 0 aliphatic rings. The van der Waals surface area contributed by atoms with Crippen LogP contribution in [0.3, 0.4) is 0 Å². The molecule has 0 fully saturated rings. The Morgan fingerprint density at radius 1 is 1.54 bits per heavy atom. The van der Waals surface area contributed by atoms with Crippen LogP contribution in [0.2, 0.25) is 0 Å². The van der Waals surface area contributed by atoms with Crippen molar-refractivity contribution in [3.8, 4) is 5.88 Å². The third-order valence-corrected chi connectivity index (χ3v) is 3.14. The van der Waals surface area contributed by atoms with Crippen LogP contribution in [0.15, 0.2) is 11.1 Å². The summed E-state index contributed by atoms with van der Waals surface area (Å²) in [4.78, 5) is 0. The molecule has 0 radical (unpaired) electrons. The SMILES string of the molecule is CCCCc1cc(O)n(C)c1SC. The first kappa shape index (κ1) is 10.5. The van der Waals surface area contributed by atoms with Crippen molar-refractivity contribution in [1.29, 1.82) is 0 Å². The smallest absolute Gasteiger partial charge is 0.191 e. The van der Waals surface area contributed by atoms with Crippen LogP contribution in [0.25, 0.3) is 0 Å². The minimum atomic E-state index is 0.371. The molecule has 1 aromatic heterocycles. The Morgan fingerprint density at radius 2 is 2.23 bits per heavy atom. The number of hydrogen-bond acceptors (Lipinski definition) is 2. The van der Waals surface area contributed by atoms with Gasteiger partial charge in [-0.1, -0.05) is 13.3 Å². The zero-order chi connectivity index (χ0) is 9.84. The Bertz CT molecular complexity index is 281. The molecule has 2 nitrogen and oxygen atoms in total. The summed E-state index contributed by atoms with van der Waals surface area (Å²) >= 11 is 1.70. The molecule has 0 saturated carbocycles. The standard InChI is InChI=1S/C10H17NOS/c1-4-5-6-8-7-9(12)11(2)10(8)13-3/h7,12H,4-6H2,1-3H3. The molecule has 0 amide bonds. The van der Waals surface area contributed by atoms with E-state index in [9.17, 15) is 5.11 Å². The van der Waals surface area contributed by atoms with E-state index in [-0.39, 0.29) is 0 Å². The molecule has 13 heavy (non-hydrogen) atoms. The molecular weight excluding hydrogens is 182 g/mol. The number of unbranched alkanes of at least 4 members (excludes halogenated alkanes) is 1. The molecule has 0 aliphatic heterocycles. The zero-order valence-corrected chi connectivity index (χ0v) is 9.32. The topological polar surface area (TPSA) is 25.2 Å². The van der Waals surface area contributed by atoms with Gasteiger partial charge in [0.15, 0.2) is 5.88 Å². The molecule has 1 N–H and O–H groups in total. The number of aryl methyl sites for hydroxylation is 1. The van der Waals surface area contributed by atoms with E-state index in [1.165, 1.54) is 23.4 Å². The van der Waals surface area contributed by atoms with Crippen LogP contribution in [0.1, 0.15) is 25.3 Å². The average Bonchev–Trinajstić information content (AvgIpc) is 2.39. The normalized spacial score (nSPS) is 10.7. The first-order valence-corrected chi connectivity index (χ1v) is 5.84. The van der Waals surface area contributed by atoms with Crippen molar-refractivity contribution in [2.24, 2.45) is 7.05 Å². The minimum Gasteiger partial charge on any atom is -0.494 e. The number of aromatic hydroxyl groups is 1. The minimum absolute atomic E-state index is 0.371. The fraction of sp³-hybridized carbons (Fsp3) is 0.600. The van der Waals surface area contributed by atoms with E-state index >= 15 is 0 Å². The summed E-state index contributed by atoms with van der Waals surface area (Å²) in [6, 6.07) is 1.88. The molecule has 0 atom stereocenters. The van der Waals surface area contributed by atoms with Gasteiger partial charge in [-0.2, -0.15) is 0 Å². The van der Waals surface area contributed by atoms with Gasteiger partial charge in [0.1, 0.15) is 0 Å². The van der Waals surface area contributed by atoms with Gasteiger partial charge in [-0.3, -0.25) is 0 Å². The molecule has 74 valence electrons. The van der Waals surface area contributed by atoms with Gasteiger partial charge in [0.2, 0.25) is 0 Å². The number of thioether (sulfide) groups is 1. The maximum absolute atomic E-state index is 9.50. The van der Waals surface area contributed by atoms with Crippen molar-refractivity contribution in [1.82, 2.24) is 4.57 Å². The van der Waals surface area contributed by atoms with E-state index in [2.05, 4.69) is 6.92 Å². The van der Waals surface area contributed by atoms with Crippen LogP contribution in [0.5, 0.6) is 5.88 Å². The maximum atomic E-state index is 9.50. The Morgan fingerprint density at radius 3 is 2.77 bits per heavy atom. The fourth-order valence-corrected chi connectivity index (χ4v) is 2.24. The second-order valence-electron chi connectivity index (χ2n) is 3.20. The van der Waals surface area contributed by atoms with Gasteiger partial charge in [-0.15, -0.1) is 11.8 Å². The van der Waals surface area contributed by atoms with Crippen LogP contribution in [0, 0.1) is 0 Å². The number of nitrogens with zero attached hydrogens (tertiary/aromatic N) is 1. The van der Waals surface area contributed by atoms with Crippen molar-refractivity contribution >= 4 is 11.8 Å². The highest BCUT2D eigenvalue weighted by molar-refractivity contribution is 7.98. The average molecular weight is 199 g/mol. The first-order chi connectivity index (χ1) is 6.20. The fourth-order valence-electron chi connectivity index (χ4n) is 1.45. The Labute approximate surface area is 84.0 Å². The lowest BCUT2D eigenvalue weighted by atomic mass is 10.1. The van der Waals surface area contributed by atoms with E-state index in [0.29, 0.717) is 5.88 Å². The number of rotatable bonds is 4. The highest BCUT2D eigenvalue weighted by Gasteiger charge is 2.09. The predicted octanol–water partition coefficient (Wildman–Crippen LogP) is 2.80. The molecule has 1 rings (SSSR count). The lowest BCUT2D eigenvalue weighted by Crippen LogP contribution is -1.91. The maximum Gasteiger partial charge on any atom is 0.191 e. The Hall–Kier alpha value is -0.570. The summed E-state index contributed by atoms with van der Waals surface area (Å²) < 4.78 is 1.84. The van der Waals surface area contributed by atoms with Crippen molar-refractivity contribution in [3.05, 3.63) is 11.6 Å². The van der Waals surface area contributed by atoms with Crippen molar-refractivity contribution in [3.63, 3.8) is 0 Å². The summed E-state index contributed by atoms with van der Waals surface area (Å²) in [6.45, 7) is 2.18. The highest BCUT2D eigenvalue weighted by atomic mass is 32.2. The van der Waals surface area contributed by atoms with Crippen molar-refractivity contribution in [2.45, 2.75) is 31.2 Å². The quantitative estimate of drug-likeness (QED) is 0.754. The van der Waals surface area contributed by atoms with Gasteiger partial charge in [0.05, 0.1) is 5.03 Å². The van der Waals surface area contributed by atoms with Gasteiger partial charge in [0, 0.05) is 13.1 Å². The highest BCUT2D eigenvalue weighted by Crippen LogP contribution is 2.28. The van der Waals surface area contributed by atoms with E-state index in [0.717, 1.165) is 6.42 Å². The lowest BCUT2D eigenvalue weighted by Gasteiger charge is -2.03. The van der Waals surface area contributed by atoms with Gasteiger partial charge in [-0.25, -0.2) is 0 Å². The summed E-state index contributed by atoms with van der Waals surface area (Å²) in [6.07, 6.45) is 5.51. The Kier molecular flexibility index (Phi) is 3.72. The first-order valence-electron chi connectivity index (χ1n) is 4.62. The number of aromatic nitrogens is 1. The molecule has 0 unspecified atom stereocenters. The molecular formula is C10H17NOS. The largest absolute Gasteiger partial charge is 0.494 e. The molecule has 1 aromatic rings. The van der Waals surface area contributed by atoms with Gasteiger partial charge in [0.25, 0.3) is 0 Å². The zero-order valence-electron chi connectivity index (χ0n) is 8.50. The van der Waals surface area contributed by atoms with Crippen molar-refractivity contribution in [2.75, 3.05) is 6.26 Å². The molecule has 3 heteroatoms. The molecule has 0 spiro atoms. The van der Waals surface area contributed by atoms with Crippen LogP contribution in [-0.4, -0.2) is 15.9 Å². The molecule has 1 heterocycles. The third-order valence-electron chi connectivity index (χ3n) is 2.22. The van der Waals surface area contributed by atoms with Gasteiger partial charge < -0.3 is 9.67 Å². The molecule has 0 saturated heterocycles. The summed E-state index contributed by atoms with van der Waals surface area (Å²) in [7, 11) is 1.90. The van der Waals surface area contributed by atoms with Gasteiger partial charge >= 0.3 is 0 Å². The van der Waals surface area contributed by atoms with E-state index in [1.54, 1.807) is 11.8 Å². The van der Waals surface area contributed by atoms with Crippen molar-refractivity contribution < 1.29 is 5.11 Å². The van der Waals surface area contributed by atoms with E-state index in [1.807, 2.05) is 23.9 Å². The molecule has 0 aliphatic carbocycles. The van der Waals surface area contributed by atoms with Crippen LogP contribution in [-0.2, 0) is 13.5 Å². The second kappa shape index (κ2) is 4.61. The summed E-state index contributed by atoms with van der Waals surface area (Å²) in [5, 5.41) is 10.7. The summed E-state index contributed by atoms with van der Waals surface area (Å²) in [5.74, 6) is 0.371. The molecule has 0 bridgehead atoms. The Balaban J connectivity index is 2.86. The lowest BCUT2D eigenvalue weighted by molar-refractivity contribution is 0.425. The van der Waals surface area contributed by atoms with Gasteiger partial charge in [-0.05, 0) is 24.7 Å². The summed E-state index contributed by atoms with van der Waals surface area (Å²) in [5.41, 5.74) is 1.27.